The van der Waals surface area contributed by atoms with Crippen LogP contribution in [0.1, 0.15) is 31.0 Å². The Labute approximate surface area is 176 Å². The first-order valence-electron chi connectivity index (χ1n) is 9.12. The highest BCUT2D eigenvalue weighted by Crippen LogP contribution is 2.40. The molecule has 1 atom stereocenters. The maximum atomic E-state index is 15.0. The van der Waals surface area contributed by atoms with E-state index in [9.17, 15) is 8.78 Å². The van der Waals surface area contributed by atoms with Crippen LogP contribution in [0.2, 0.25) is 5.02 Å². The number of aryl methyl sites for hydroxylation is 1. The van der Waals surface area contributed by atoms with Crippen molar-refractivity contribution in [3.8, 4) is 0 Å². The Balaban J connectivity index is 0.00000218. The number of fused-ring (bicyclic) bond motifs is 3. The van der Waals surface area contributed by atoms with Gasteiger partial charge in [0, 0.05) is 23.9 Å². The van der Waals surface area contributed by atoms with Gasteiger partial charge in [0.2, 0.25) is 5.89 Å². The van der Waals surface area contributed by atoms with Crippen LogP contribution in [-0.4, -0.2) is 55.6 Å². The zero-order valence-electron chi connectivity index (χ0n) is 15.7. The van der Waals surface area contributed by atoms with Crippen molar-refractivity contribution >= 4 is 33.5 Å². The van der Waals surface area contributed by atoms with Crippen LogP contribution >= 0.6 is 11.6 Å². The van der Waals surface area contributed by atoms with Gasteiger partial charge in [0.05, 0.1) is 30.2 Å². The fourth-order valence-electron chi connectivity index (χ4n) is 4.04. The minimum absolute atomic E-state index is 0. The van der Waals surface area contributed by atoms with Gasteiger partial charge in [-0.3, -0.25) is 9.88 Å². The lowest BCUT2D eigenvalue weighted by molar-refractivity contribution is -0.0200. The molecule has 1 saturated heterocycles. The molecule has 0 aliphatic carbocycles. The summed E-state index contributed by atoms with van der Waals surface area (Å²) < 4.78 is 36.6. The third-order valence-corrected chi connectivity index (χ3v) is 5.44. The number of halogens is 3. The average molecular weight is 435 g/mol. The van der Waals surface area contributed by atoms with E-state index in [0.29, 0.717) is 44.5 Å². The van der Waals surface area contributed by atoms with E-state index in [1.807, 2.05) is 0 Å². The fraction of sp³-hybridized carbons (Fsp3) is 0.400. The van der Waals surface area contributed by atoms with Gasteiger partial charge in [-0.15, -0.1) is 0 Å². The molecule has 0 bridgehead atoms. The van der Waals surface area contributed by atoms with Gasteiger partial charge >= 0.3 is 0 Å². The quantitative estimate of drug-likeness (QED) is 0.479. The van der Waals surface area contributed by atoms with Gasteiger partial charge in [0.15, 0.2) is 5.82 Å². The summed E-state index contributed by atoms with van der Waals surface area (Å²) in [6, 6.07) is 4.16. The van der Waals surface area contributed by atoms with Gasteiger partial charge in [0.1, 0.15) is 17.4 Å². The number of imidazole rings is 1. The number of likely N-dealkylation sites (N-methyl/N-ethyl adjacent to an activating group) is 1. The summed E-state index contributed by atoms with van der Waals surface area (Å²) in [6.07, 6.45) is 1.77. The van der Waals surface area contributed by atoms with E-state index in [-0.39, 0.29) is 26.9 Å². The molecule has 0 amide bonds. The predicted molar refractivity (Wildman–Crippen MR) is 110 cm³/mol. The average Bonchev–Trinajstić information content (AvgIpc) is 3.29. The van der Waals surface area contributed by atoms with Crippen molar-refractivity contribution in [2.24, 2.45) is 0 Å². The molecule has 0 spiro atoms. The molecule has 30 heavy (non-hydrogen) atoms. The first-order valence-corrected chi connectivity index (χ1v) is 9.50. The van der Waals surface area contributed by atoms with Crippen LogP contribution in [0, 0.1) is 6.92 Å². The highest BCUT2D eigenvalue weighted by Gasteiger charge is 2.49. The van der Waals surface area contributed by atoms with Crippen molar-refractivity contribution < 1.29 is 13.3 Å². The van der Waals surface area contributed by atoms with Crippen LogP contribution in [0.5, 0.6) is 0 Å². The predicted octanol–water partition coefficient (Wildman–Crippen LogP) is 4.28. The molecule has 1 aromatic carbocycles. The monoisotopic (exact) mass is 434 g/mol. The number of hydrogen-bond donors (Lipinski definition) is 0. The second-order valence-electron chi connectivity index (χ2n) is 7.43. The van der Waals surface area contributed by atoms with E-state index in [4.69, 9.17) is 16.1 Å². The number of benzene rings is 1. The molecule has 1 aliphatic heterocycles. The van der Waals surface area contributed by atoms with Crippen LogP contribution in [-0.2, 0) is 6.42 Å². The van der Waals surface area contributed by atoms with E-state index in [2.05, 4.69) is 20.1 Å². The van der Waals surface area contributed by atoms with Gasteiger partial charge in [-0.05, 0) is 25.2 Å². The molecule has 3 aromatic heterocycles. The first kappa shape index (κ1) is 20.6. The van der Waals surface area contributed by atoms with Crippen molar-refractivity contribution in [2.45, 2.75) is 32.7 Å². The maximum absolute atomic E-state index is 15.0. The van der Waals surface area contributed by atoms with E-state index in [1.165, 1.54) is 0 Å². The molecule has 1 fully saturated rings. The van der Waals surface area contributed by atoms with Gasteiger partial charge in [-0.1, -0.05) is 24.2 Å². The molecule has 10 heteroatoms. The van der Waals surface area contributed by atoms with Crippen LogP contribution in [0.25, 0.3) is 21.9 Å². The Hall–Kier alpha value is -2.65. The summed E-state index contributed by atoms with van der Waals surface area (Å²) in [5, 5.41) is 5.09. The molecule has 0 radical (unpaired) electrons. The lowest BCUT2D eigenvalue weighted by Gasteiger charge is -2.22. The summed E-state index contributed by atoms with van der Waals surface area (Å²) in [7, 11) is 1.69. The summed E-state index contributed by atoms with van der Waals surface area (Å²) in [5.74, 6) is -1.68. The fourth-order valence-corrected chi connectivity index (χ4v) is 4.21. The summed E-state index contributed by atoms with van der Waals surface area (Å²) in [5.41, 5.74) is 1.78. The topological polar surface area (TPSA) is 72.9 Å². The minimum Gasteiger partial charge on any atom is -0.340 e. The lowest BCUT2D eigenvalue weighted by Crippen LogP contribution is -2.30. The number of nitrogens with zero attached hydrogens (tertiary/aromatic N) is 6. The maximum Gasteiger partial charge on any atom is 0.282 e. The van der Waals surface area contributed by atoms with E-state index >= 15 is 0 Å². The van der Waals surface area contributed by atoms with Crippen molar-refractivity contribution in [3.05, 3.63) is 47.0 Å². The van der Waals surface area contributed by atoms with Gasteiger partial charge < -0.3 is 9.09 Å². The first-order chi connectivity index (χ1) is 13.8. The molecule has 7 nitrogen and oxygen atoms in total. The van der Waals surface area contributed by atoms with E-state index in [0.717, 1.165) is 0 Å². The van der Waals surface area contributed by atoms with Crippen molar-refractivity contribution in [1.29, 1.82) is 0 Å². The second kappa shape index (κ2) is 7.24. The molecule has 1 aliphatic rings. The zero-order valence-corrected chi connectivity index (χ0v) is 16.5. The molecule has 1 unspecified atom stereocenters. The number of alkyl halides is 2. The Bertz CT molecular complexity index is 1240. The molecule has 4 heterocycles. The summed E-state index contributed by atoms with van der Waals surface area (Å²) in [4.78, 5) is 14.9. The highest BCUT2D eigenvalue weighted by atomic mass is 35.5. The number of aromatic nitrogens is 5. The smallest absolute Gasteiger partial charge is 0.282 e. The largest absolute Gasteiger partial charge is 0.340 e. The third kappa shape index (κ3) is 3.31. The van der Waals surface area contributed by atoms with E-state index in [1.54, 1.807) is 47.8 Å². The zero-order chi connectivity index (χ0) is 20.3. The number of hydrogen-bond acceptors (Lipinski definition) is 6. The number of rotatable bonds is 3. The molecule has 0 saturated carbocycles. The third-order valence-electron chi connectivity index (χ3n) is 5.20. The standard InChI is InChI=1S/C19H17ClF2N6O.CH4/c1-10-24-16(26-29-10)6-17-25-14-7-23-13-4-3-11(20)5-12(13)18(14)28(17)15-8-27(2)9-19(15,21)22;/h3-5,7,15H,6,8-9H2,1-2H3;1H4. The van der Waals surface area contributed by atoms with Crippen LogP contribution < -0.4 is 0 Å². The number of likely N-dealkylation sites (tertiary alicyclic amines) is 1. The molecule has 158 valence electrons. The van der Waals surface area contributed by atoms with Crippen LogP contribution in [0.15, 0.2) is 28.9 Å². The normalized spacial score (nSPS) is 18.9. The Morgan fingerprint density at radius 2 is 2.07 bits per heavy atom. The molecular weight excluding hydrogens is 414 g/mol. The molecule has 5 rings (SSSR count). The lowest BCUT2D eigenvalue weighted by atomic mass is 10.1. The molecular formula is C20H21ClF2N6O. The summed E-state index contributed by atoms with van der Waals surface area (Å²) >= 11 is 6.20. The van der Waals surface area contributed by atoms with Gasteiger partial charge in [-0.25, -0.2) is 13.8 Å². The van der Waals surface area contributed by atoms with Crippen molar-refractivity contribution in [1.82, 2.24) is 29.6 Å². The Morgan fingerprint density at radius 3 is 2.73 bits per heavy atom. The van der Waals surface area contributed by atoms with Crippen molar-refractivity contribution in [3.63, 3.8) is 0 Å². The van der Waals surface area contributed by atoms with Crippen LogP contribution in [0.3, 0.4) is 0 Å². The highest BCUT2D eigenvalue weighted by molar-refractivity contribution is 6.31. The SMILES string of the molecule is C.Cc1nc(Cc2nc3cnc4ccc(Cl)cc4c3n2C2CN(C)CC2(F)F)no1. The van der Waals surface area contributed by atoms with Crippen LogP contribution in [0.4, 0.5) is 8.78 Å². The molecule has 0 N–H and O–H groups in total. The van der Waals surface area contributed by atoms with Gasteiger partial charge in [-0.2, -0.15) is 4.98 Å². The van der Waals surface area contributed by atoms with E-state index < -0.39 is 12.0 Å². The Kier molecular flexibility index (Phi) is 4.98. The molecule has 4 aromatic rings. The minimum atomic E-state index is -2.92. The Morgan fingerprint density at radius 1 is 1.27 bits per heavy atom. The van der Waals surface area contributed by atoms with Crippen molar-refractivity contribution in [2.75, 3.05) is 20.1 Å². The summed E-state index contributed by atoms with van der Waals surface area (Å²) in [6.45, 7) is 1.56. The number of pyridine rings is 1. The second-order valence-corrected chi connectivity index (χ2v) is 7.87. The van der Waals surface area contributed by atoms with Gasteiger partial charge in [0.25, 0.3) is 5.92 Å².